The van der Waals surface area contributed by atoms with Crippen LogP contribution in [-0.2, 0) is 7.05 Å². The summed E-state index contributed by atoms with van der Waals surface area (Å²) < 4.78 is 38.1. The highest BCUT2D eigenvalue weighted by atomic mass is 19.4. The van der Waals surface area contributed by atoms with Crippen LogP contribution in [0, 0.1) is 0 Å². The number of rotatable bonds is 4. The van der Waals surface area contributed by atoms with Crippen LogP contribution in [0.5, 0.6) is 0 Å². The number of aliphatic hydroxyl groups excluding tert-OH is 1. The van der Waals surface area contributed by atoms with Crippen LogP contribution in [0.2, 0.25) is 0 Å². The highest BCUT2D eigenvalue weighted by Gasteiger charge is 2.31. The molecule has 1 N–H and O–H groups in total. The molecule has 0 unspecified atom stereocenters. The molecular weight excluding hydrogens is 211 g/mol. The van der Waals surface area contributed by atoms with Crippen molar-refractivity contribution < 1.29 is 18.3 Å². The molecule has 0 fully saturated rings. The van der Waals surface area contributed by atoms with Crippen molar-refractivity contribution >= 4 is 5.95 Å². The van der Waals surface area contributed by atoms with Crippen LogP contribution in [0.4, 0.5) is 19.1 Å². The van der Waals surface area contributed by atoms with Gasteiger partial charge in [-0.1, -0.05) is 0 Å². The summed E-state index contributed by atoms with van der Waals surface area (Å²) in [4.78, 5) is 4.78. The molecule has 0 saturated heterocycles. The number of aliphatic hydroxyl groups is 1. The van der Waals surface area contributed by atoms with Crippen LogP contribution in [-0.4, -0.2) is 40.5 Å². The molecule has 0 spiro atoms. The van der Waals surface area contributed by atoms with Gasteiger partial charge < -0.3 is 14.6 Å². The Morgan fingerprint density at radius 2 is 2.20 bits per heavy atom. The van der Waals surface area contributed by atoms with Crippen molar-refractivity contribution in [2.75, 3.05) is 24.6 Å². The molecule has 0 amide bonds. The molecular formula is C8H12F3N3O. The van der Waals surface area contributed by atoms with Gasteiger partial charge in [-0.3, -0.25) is 0 Å². The zero-order valence-electron chi connectivity index (χ0n) is 8.20. The number of nitrogens with zero attached hydrogens (tertiary/aromatic N) is 3. The molecule has 4 nitrogen and oxygen atoms in total. The minimum Gasteiger partial charge on any atom is -0.395 e. The number of halogens is 3. The van der Waals surface area contributed by atoms with Crippen molar-refractivity contribution in [1.82, 2.24) is 9.55 Å². The van der Waals surface area contributed by atoms with E-state index in [1.54, 1.807) is 13.2 Å². The summed E-state index contributed by atoms with van der Waals surface area (Å²) in [5, 5.41) is 8.68. The van der Waals surface area contributed by atoms with E-state index in [4.69, 9.17) is 5.11 Å². The van der Waals surface area contributed by atoms with Gasteiger partial charge in [-0.2, -0.15) is 13.2 Å². The molecule has 15 heavy (non-hydrogen) atoms. The molecule has 7 heteroatoms. The standard InChI is InChI=1S/C8H12F3N3O/c1-13-3-2-12-7(13)14(4-5-15)6-8(9,10)11/h2-3,15H,4-6H2,1H3. The molecule has 0 aliphatic carbocycles. The molecule has 0 atom stereocenters. The lowest BCUT2D eigenvalue weighted by Crippen LogP contribution is -2.37. The summed E-state index contributed by atoms with van der Waals surface area (Å²) in [5.74, 6) is 0.196. The summed E-state index contributed by atoms with van der Waals surface area (Å²) in [6, 6.07) is 0. The Labute approximate surface area is 84.9 Å². The lowest BCUT2D eigenvalue weighted by molar-refractivity contribution is -0.120. The molecule has 0 aliphatic rings. The highest BCUT2D eigenvalue weighted by Crippen LogP contribution is 2.20. The molecule has 0 bridgehead atoms. The highest BCUT2D eigenvalue weighted by molar-refractivity contribution is 5.31. The number of aryl methyl sites for hydroxylation is 1. The van der Waals surface area contributed by atoms with Crippen molar-refractivity contribution in [3.05, 3.63) is 12.4 Å². The van der Waals surface area contributed by atoms with Crippen molar-refractivity contribution in [2.24, 2.45) is 7.05 Å². The molecule has 0 aromatic carbocycles. The predicted octanol–water partition coefficient (Wildman–Crippen LogP) is 0.781. The molecule has 0 radical (unpaired) electrons. The van der Waals surface area contributed by atoms with Gasteiger partial charge in [0.1, 0.15) is 6.54 Å². The number of anilines is 1. The average molecular weight is 223 g/mol. The Morgan fingerprint density at radius 1 is 1.53 bits per heavy atom. The van der Waals surface area contributed by atoms with Gasteiger partial charge in [0.15, 0.2) is 0 Å². The second-order valence-electron chi connectivity index (χ2n) is 3.10. The maximum atomic E-state index is 12.2. The zero-order valence-corrected chi connectivity index (χ0v) is 8.20. The minimum atomic E-state index is -4.30. The van der Waals surface area contributed by atoms with Gasteiger partial charge in [0.2, 0.25) is 5.95 Å². The van der Waals surface area contributed by atoms with Crippen molar-refractivity contribution in [2.45, 2.75) is 6.18 Å². The van der Waals surface area contributed by atoms with Gasteiger partial charge >= 0.3 is 6.18 Å². The van der Waals surface area contributed by atoms with Gasteiger partial charge in [0, 0.05) is 26.0 Å². The number of imidazole rings is 1. The van der Waals surface area contributed by atoms with Crippen LogP contribution in [0.1, 0.15) is 0 Å². The first kappa shape index (κ1) is 11.8. The third-order valence-corrected chi connectivity index (χ3v) is 1.82. The summed E-state index contributed by atoms with van der Waals surface area (Å²) in [6.07, 6.45) is -1.34. The molecule has 1 rings (SSSR count). The molecule has 1 aromatic rings. The van der Waals surface area contributed by atoms with Gasteiger partial charge in [-0.25, -0.2) is 4.98 Å². The van der Waals surface area contributed by atoms with Crippen LogP contribution in [0.15, 0.2) is 12.4 Å². The van der Waals surface area contributed by atoms with E-state index in [1.807, 2.05) is 0 Å². The second kappa shape index (κ2) is 4.52. The van der Waals surface area contributed by atoms with E-state index in [2.05, 4.69) is 4.98 Å². The van der Waals surface area contributed by atoms with Gasteiger partial charge in [0.25, 0.3) is 0 Å². The van der Waals surface area contributed by atoms with Gasteiger partial charge in [0.05, 0.1) is 6.61 Å². The molecule has 86 valence electrons. The van der Waals surface area contributed by atoms with Crippen LogP contribution >= 0.6 is 0 Å². The van der Waals surface area contributed by atoms with E-state index < -0.39 is 12.7 Å². The largest absolute Gasteiger partial charge is 0.406 e. The monoisotopic (exact) mass is 223 g/mol. The Morgan fingerprint density at radius 3 is 2.60 bits per heavy atom. The van der Waals surface area contributed by atoms with E-state index in [0.717, 1.165) is 4.90 Å². The Hall–Kier alpha value is -1.24. The Balaban J connectivity index is 2.79. The summed E-state index contributed by atoms with van der Waals surface area (Å²) in [5.41, 5.74) is 0. The van der Waals surface area contributed by atoms with E-state index in [0.29, 0.717) is 0 Å². The maximum Gasteiger partial charge on any atom is 0.406 e. The fourth-order valence-electron chi connectivity index (χ4n) is 1.25. The summed E-state index contributed by atoms with van der Waals surface area (Å²) >= 11 is 0. The first-order chi connectivity index (χ1) is 6.94. The van der Waals surface area contributed by atoms with Crippen molar-refractivity contribution in [3.63, 3.8) is 0 Å². The van der Waals surface area contributed by atoms with E-state index in [1.165, 1.54) is 10.8 Å². The predicted molar refractivity (Wildman–Crippen MR) is 48.6 cm³/mol. The third kappa shape index (κ3) is 3.43. The summed E-state index contributed by atoms with van der Waals surface area (Å²) in [7, 11) is 1.60. The summed E-state index contributed by atoms with van der Waals surface area (Å²) in [6.45, 7) is -1.55. The normalized spacial score (nSPS) is 11.8. The SMILES string of the molecule is Cn1ccnc1N(CCO)CC(F)(F)F. The quantitative estimate of drug-likeness (QED) is 0.820. The fourth-order valence-corrected chi connectivity index (χ4v) is 1.25. The lowest BCUT2D eigenvalue weighted by Gasteiger charge is -2.23. The Kier molecular flexibility index (Phi) is 3.57. The third-order valence-electron chi connectivity index (χ3n) is 1.82. The molecule has 0 aliphatic heterocycles. The number of hydrogen-bond donors (Lipinski definition) is 1. The average Bonchev–Trinajstić information content (AvgIpc) is 2.48. The van der Waals surface area contributed by atoms with E-state index >= 15 is 0 Å². The number of hydrogen-bond acceptors (Lipinski definition) is 3. The van der Waals surface area contributed by atoms with Crippen LogP contribution in [0.25, 0.3) is 0 Å². The van der Waals surface area contributed by atoms with Crippen molar-refractivity contribution in [3.8, 4) is 0 Å². The number of alkyl halides is 3. The molecule has 0 saturated carbocycles. The van der Waals surface area contributed by atoms with E-state index in [-0.39, 0.29) is 19.1 Å². The lowest BCUT2D eigenvalue weighted by atomic mass is 10.5. The Bertz CT molecular complexity index is 310. The zero-order chi connectivity index (χ0) is 11.5. The minimum absolute atomic E-state index is 0.0929. The molecule has 1 aromatic heterocycles. The van der Waals surface area contributed by atoms with Crippen LogP contribution in [0.3, 0.4) is 0 Å². The van der Waals surface area contributed by atoms with Gasteiger partial charge in [-0.15, -0.1) is 0 Å². The van der Waals surface area contributed by atoms with Crippen molar-refractivity contribution in [1.29, 1.82) is 0 Å². The maximum absolute atomic E-state index is 12.2. The molecule has 1 heterocycles. The smallest absolute Gasteiger partial charge is 0.395 e. The second-order valence-corrected chi connectivity index (χ2v) is 3.10. The topological polar surface area (TPSA) is 41.3 Å². The van der Waals surface area contributed by atoms with Gasteiger partial charge in [-0.05, 0) is 0 Å². The van der Waals surface area contributed by atoms with E-state index in [9.17, 15) is 13.2 Å². The first-order valence-electron chi connectivity index (χ1n) is 4.34. The number of aromatic nitrogens is 2. The van der Waals surface area contributed by atoms with Crippen LogP contribution < -0.4 is 4.90 Å². The fraction of sp³-hybridized carbons (Fsp3) is 0.625. The first-order valence-corrected chi connectivity index (χ1v) is 4.34.